The van der Waals surface area contributed by atoms with E-state index < -0.39 is 11.5 Å². The van der Waals surface area contributed by atoms with Crippen LogP contribution in [0.3, 0.4) is 0 Å². The van der Waals surface area contributed by atoms with E-state index in [9.17, 15) is 9.90 Å². The Bertz CT molecular complexity index is 574. The van der Waals surface area contributed by atoms with Gasteiger partial charge in [-0.15, -0.1) is 0 Å². The molecule has 7 heteroatoms. The fourth-order valence-electron chi connectivity index (χ4n) is 1.83. The number of nitrogens with zero attached hydrogens (tertiary/aromatic N) is 3. The highest BCUT2D eigenvalue weighted by molar-refractivity contribution is 5.77. The first kappa shape index (κ1) is 14.3. The summed E-state index contributed by atoms with van der Waals surface area (Å²) in [6.07, 6.45) is 1.52. The van der Waals surface area contributed by atoms with Crippen LogP contribution in [0.4, 0.5) is 0 Å². The van der Waals surface area contributed by atoms with Crippen LogP contribution in [0.5, 0.6) is 0 Å². The van der Waals surface area contributed by atoms with Crippen LogP contribution in [0.15, 0.2) is 27.3 Å². The van der Waals surface area contributed by atoms with Crippen molar-refractivity contribution in [3.63, 3.8) is 0 Å². The van der Waals surface area contributed by atoms with Crippen molar-refractivity contribution in [2.45, 2.75) is 32.9 Å². The summed E-state index contributed by atoms with van der Waals surface area (Å²) in [5.41, 5.74) is -1.000. The fraction of sp³-hybridized carbons (Fsp3) is 0.462. The summed E-state index contributed by atoms with van der Waals surface area (Å²) in [5.74, 6) is 0.306. The number of rotatable bonds is 6. The SMILES string of the molecule is CCN(Cc1noc(-c2ccco2)n1)C(C)(C)C(=O)O. The largest absolute Gasteiger partial charge is 0.480 e. The maximum Gasteiger partial charge on any atom is 0.323 e. The predicted octanol–water partition coefficient (Wildman–Crippen LogP) is 2.01. The summed E-state index contributed by atoms with van der Waals surface area (Å²) in [6, 6.07) is 3.45. The van der Waals surface area contributed by atoms with E-state index in [1.165, 1.54) is 6.26 Å². The summed E-state index contributed by atoms with van der Waals surface area (Å²) in [5, 5.41) is 13.1. The van der Waals surface area contributed by atoms with Crippen LogP contribution in [0.25, 0.3) is 11.7 Å². The third-order valence-corrected chi connectivity index (χ3v) is 3.23. The second-order valence-electron chi connectivity index (χ2n) is 4.87. The zero-order valence-electron chi connectivity index (χ0n) is 11.7. The molecule has 108 valence electrons. The van der Waals surface area contributed by atoms with E-state index in [1.54, 1.807) is 30.9 Å². The van der Waals surface area contributed by atoms with Gasteiger partial charge in [0.25, 0.3) is 5.89 Å². The first-order valence-corrected chi connectivity index (χ1v) is 6.30. The van der Waals surface area contributed by atoms with Crippen molar-refractivity contribution in [1.82, 2.24) is 15.0 Å². The lowest BCUT2D eigenvalue weighted by Gasteiger charge is -2.32. The van der Waals surface area contributed by atoms with Crippen molar-refractivity contribution in [2.24, 2.45) is 0 Å². The molecule has 0 aliphatic heterocycles. The van der Waals surface area contributed by atoms with Gasteiger partial charge >= 0.3 is 5.97 Å². The molecule has 0 saturated heterocycles. The van der Waals surface area contributed by atoms with Gasteiger partial charge in [0.15, 0.2) is 11.6 Å². The van der Waals surface area contributed by atoms with E-state index in [-0.39, 0.29) is 5.89 Å². The second kappa shape index (κ2) is 5.46. The molecule has 20 heavy (non-hydrogen) atoms. The molecule has 0 aliphatic carbocycles. The monoisotopic (exact) mass is 279 g/mol. The number of aromatic nitrogens is 2. The molecule has 2 heterocycles. The van der Waals surface area contributed by atoms with Crippen molar-refractivity contribution < 1.29 is 18.8 Å². The lowest BCUT2D eigenvalue weighted by atomic mass is 10.0. The molecule has 0 amide bonds. The number of likely N-dealkylation sites (N-methyl/N-ethyl adjacent to an activating group) is 1. The number of aliphatic carboxylic acids is 1. The Labute approximate surface area is 116 Å². The van der Waals surface area contributed by atoms with E-state index in [0.29, 0.717) is 24.7 Å². The van der Waals surface area contributed by atoms with Crippen LogP contribution in [0.1, 0.15) is 26.6 Å². The molecule has 2 rings (SSSR count). The molecule has 0 atom stereocenters. The lowest BCUT2D eigenvalue weighted by Crippen LogP contribution is -2.49. The van der Waals surface area contributed by atoms with Crippen molar-refractivity contribution in [3.8, 4) is 11.7 Å². The number of carboxylic acid groups (broad SMARTS) is 1. The van der Waals surface area contributed by atoms with Gasteiger partial charge in [0.05, 0.1) is 12.8 Å². The molecule has 7 nitrogen and oxygen atoms in total. The zero-order chi connectivity index (χ0) is 14.8. The molecule has 1 N–H and O–H groups in total. The Hall–Kier alpha value is -2.15. The highest BCUT2D eigenvalue weighted by Crippen LogP contribution is 2.20. The van der Waals surface area contributed by atoms with Crippen LogP contribution in [-0.4, -0.2) is 38.2 Å². The van der Waals surface area contributed by atoms with Gasteiger partial charge in [-0.25, -0.2) is 0 Å². The van der Waals surface area contributed by atoms with Gasteiger partial charge < -0.3 is 14.0 Å². The average Bonchev–Trinajstić information content (AvgIpc) is 3.06. The molecule has 0 radical (unpaired) electrons. The van der Waals surface area contributed by atoms with Gasteiger partial charge in [0.2, 0.25) is 0 Å². The lowest BCUT2D eigenvalue weighted by molar-refractivity contribution is -0.149. The van der Waals surface area contributed by atoms with Crippen LogP contribution >= 0.6 is 0 Å². The van der Waals surface area contributed by atoms with Gasteiger partial charge in [-0.05, 0) is 32.5 Å². The summed E-state index contributed by atoms with van der Waals surface area (Å²) in [6.45, 7) is 6.03. The van der Waals surface area contributed by atoms with Crippen molar-refractivity contribution >= 4 is 5.97 Å². The number of furan rings is 1. The van der Waals surface area contributed by atoms with Crippen LogP contribution in [-0.2, 0) is 11.3 Å². The van der Waals surface area contributed by atoms with Gasteiger partial charge in [-0.2, -0.15) is 4.98 Å². The Morgan fingerprint density at radius 3 is 2.80 bits per heavy atom. The van der Waals surface area contributed by atoms with Crippen LogP contribution in [0.2, 0.25) is 0 Å². The smallest absolute Gasteiger partial charge is 0.323 e. The fourth-order valence-corrected chi connectivity index (χ4v) is 1.83. The zero-order valence-corrected chi connectivity index (χ0v) is 11.7. The minimum absolute atomic E-state index is 0.286. The molecule has 2 aromatic heterocycles. The average molecular weight is 279 g/mol. The van der Waals surface area contributed by atoms with E-state index in [0.717, 1.165) is 0 Å². The molecule has 0 unspecified atom stereocenters. The Morgan fingerprint density at radius 2 is 2.25 bits per heavy atom. The molecule has 0 aromatic carbocycles. The highest BCUT2D eigenvalue weighted by Gasteiger charge is 2.34. The quantitative estimate of drug-likeness (QED) is 0.864. The Kier molecular flexibility index (Phi) is 3.89. The van der Waals surface area contributed by atoms with Crippen molar-refractivity contribution in [1.29, 1.82) is 0 Å². The maximum atomic E-state index is 11.3. The minimum Gasteiger partial charge on any atom is -0.480 e. The van der Waals surface area contributed by atoms with Gasteiger partial charge in [-0.3, -0.25) is 9.69 Å². The summed E-state index contributed by atoms with van der Waals surface area (Å²) in [7, 11) is 0. The first-order valence-electron chi connectivity index (χ1n) is 6.30. The molecule has 2 aromatic rings. The second-order valence-corrected chi connectivity index (χ2v) is 4.87. The van der Waals surface area contributed by atoms with Crippen molar-refractivity contribution in [2.75, 3.05) is 6.54 Å². The molecule has 0 bridgehead atoms. The number of carbonyl (C=O) groups is 1. The van der Waals surface area contributed by atoms with E-state index in [4.69, 9.17) is 8.94 Å². The molecular formula is C13H17N3O4. The molecule has 0 aliphatic rings. The minimum atomic E-state index is -1.000. The maximum absolute atomic E-state index is 11.3. The highest BCUT2D eigenvalue weighted by atomic mass is 16.5. The number of carboxylic acids is 1. The van der Waals surface area contributed by atoms with E-state index in [1.807, 2.05) is 6.92 Å². The summed E-state index contributed by atoms with van der Waals surface area (Å²) >= 11 is 0. The molecule has 0 saturated carbocycles. The number of hydrogen-bond donors (Lipinski definition) is 1. The third kappa shape index (κ3) is 2.72. The Balaban J connectivity index is 2.15. The van der Waals surface area contributed by atoms with Crippen LogP contribution < -0.4 is 0 Å². The standard InChI is InChI=1S/C13H17N3O4/c1-4-16(13(2,3)12(17)18)8-10-14-11(20-15-10)9-6-5-7-19-9/h5-7H,4,8H2,1-3H3,(H,17,18). The van der Waals surface area contributed by atoms with Gasteiger partial charge in [-0.1, -0.05) is 12.1 Å². The van der Waals surface area contributed by atoms with Gasteiger partial charge in [0.1, 0.15) is 5.54 Å². The predicted molar refractivity (Wildman–Crippen MR) is 69.8 cm³/mol. The number of hydrogen-bond acceptors (Lipinski definition) is 6. The molecule has 0 fully saturated rings. The third-order valence-electron chi connectivity index (χ3n) is 3.23. The van der Waals surface area contributed by atoms with Crippen LogP contribution in [0, 0.1) is 0 Å². The Morgan fingerprint density at radius 1 is 1.50 bits per heavy atom. The van der Waals surface area contributed by atoms with Gasteiger partial charge in [0, 0.05) is 0 Å². The molecule has 0 spiro atoms. The molecular weight excluding hydrogens is 262 g/mol. The topological polar surface area (TPSA) is 92.6 Å². The van der Waals surface area contributed by atoms with E-state index in [2.05, 4.69) is 10.1 Å². The first-order chi connectivity index (χ1) is 9.45. The summed E-state index contributed by atoms with van der Waals surface area (Å²) < 4.78 is 10.3. The normalized spacial score (nSPS) is 12.0. The summed E-state index contributed by atoms with van der Waals surface area (Å²) in [4.78, 5) is 17.2. The van der Waals surface area contributed by atoms with Crippen molar-refractivity contribution in [3.05, 3.63) is 24.2 Å². The van der Waals surface area contributed by atoms with E-state index >= 15 is 0 Å².